The van der Waals surface area contributed by atoms with E-state index in [0.717, 1.165) is 17.3 Å². The van der Waals surface area contributed by atoms with Gasteiger partial charge in [-0.1, -0.05) is 22.0 Å². The highest BCUT2D eigenvalue weighted by Gasteiger charge is 2.26. The summed E-state index contributed by atoms with van der Waals surface area (Å²) < 4.78 is 44.7. The van der Waals surface area contributed by atoms with Gasteiger partial charge < -0.3 is 5.73 Å². The molecule has 31 heavy (non-hydrogen) atoms. The van der Waals surface area contributed by atoms with Crippen LogP contribution in [0.5, 0.6) is 0 Å². The van der Waals surface area contributed by atoms with Gasteiger partial charge in [0.25, 0.3) is 5.56 Å². The number of nitrogens with zero attached hydrogens (tertiary/aromatic N) is 3. The van der Waals surface area contributed by atoms with Crippen LogP contribution in [0.1, 0.15) is 22.4 Å². The molecule has 0 atom stereocenters. The number of aromatic nitrogens is 2. The van der Waals surface area contributed by atoms with E-state index in [1.54, 1.807) is 10.7 Å². The van der Waals surface area contributed by atoms with Crippen molar-refractivity contribution < 1.29 is 13.2 Å². The monoisotopic (exact) mass is 494 g/mol. The summed E-state index contributed by atoms with van der Waals surface area (Å²) in [4.78, 5) is 15.3. The molecule has 2 N–H and O–H groups in total. The van der Waals surface area contributed by atoms with Gasteiger partial charge in [-0.2, -0.15) is 0 Å². The molecule has 5 nitrogen and oxygen atoms in total. The fourth-order valence-electron chi connectivity index (χ4n) is 4.14. The molecule has 164 valence electrons. The normalized spacial score (nSPS) is 14.1. The van der Waals surface area contributed by atoms with Gasteiger partial charge in [0.1, 0.15) is 17.5 Å². The Morgan fingerprint density at radius 2 is 1.71 bits per heavy atom. The summed E-state index contributed by atoms with van der Waals surface area (Å²) in [7, 11) is 0. The zero-order valence-corrected chi connectivity index (χ0v) is 18.3. The van der Waals surface area contributed by atoms with Gasteiger partial charge in [0, 0.05) is 48.8 Å². The van der Waals surface area contributed by atoms with E-state index in [0.29, 0.717) is 54.7 Å². The zero-order chi connectivity index (χ0) is 22.1. The van der Waals surface area contributed by atoms with Crippen LogP contribution in [-0.4, -0.2) is 27.4 Å². The fraction of sp³-hybridized carbons (Fsp3) is 0.318. The van der Waals surface area contributed by atoms with Crippen LogP contribution in [0.4, 0.5) is 13.2 Å². The average molecular weight is 495 g/mol. The summed E-state index contributed by atoms with van der Waals surface area (Å²) in [5, 5.41) is 0. The third-order valence-corrected chi connectivity index (χ3v) is 6.23. The Kier molecular flexibility index (Phi) is 6.36. The lowest BCUT2D eigenvalue weighted by atomic mass is 10.1. The molecule has 0 fully saturated rings. The number of benzene rings is 2. The Morgan fingerprint density at radius 1 is 0.968 bits per heavy atom. The van der Waals surface area contributed by atoms with Crippen LogP contribution in [0.15, 0.2) is 45.7 Å². The van der Waals surface area contributed by atoms with Gasteiger partial charge in [0.15, 0.2) is 0 Å². The SMILES string of the molecule is NCCn1c2c(c(=O)n1Cc1ccc(F)cc1Br)CN(Cc1cc(F)cc(F)c1)CC2. The highest BCUT2D eigenvalue weighted by atomic mass is 79.9. The average Bonchev–Trinajstić information content (AvgIpc) is 2.95. The Hall–Kier alpha value is -2.36. The van der Waals surface area contributed by atoms with Crippen molar-refractivity contribution >= 4 is 15.9 Å². The second-order valence-corrected chi connectivity index (χ2v) is 8.53. The molecule has 1 aliphatic heterocycles. The maximum atomic E-state index is 13.5. The molecule has 3 aromatic rings. The van der Waals surface area contributed by atoms with Crippen molar-refractivity contribution in [3.05, 3.63) is 91.1 Å². The first-order valence-electron chi connectivity index (χ1n) is 9.98. The first-order chi connectivity index (χ1) is 14.9. The summed E-state index contributed by atoms with van der Waals surface area (Å²) >= 11 is 3.36. The van der Waals surface area contributed by atoms with Gasteiger partial charge in [0.05, 0.1) is 18.7 Å². The van der Waals surface area contributed by atoms with Crippen LogP contribution in [-0.2, 0) is 32.6 Å². The largest absolute Gasteiger partial charge is 0.329 e. The number of rotatable bonds is 6. The van der Waals surface area contributed by atoms with E-state index in [-0.39, 0.29) is 17.9 Å². The second-order valence-electron chi connectivity index (χ2n) is 7.67. The van der Waals surface area contributed by atoms with Crippen molar-refractivity contribution in [2.24, 2.45) is 5.73 Å². The summed E-state index contributed by atoms with van der Waals surface area (Å²) in [6.45, 7) is 2.52. The molecule has 2 aromatic carbocycles. The Labute approximate surface area is 186 Å². The quantitative estimate of drug-likeness (QED) is 0.571. The predicted octanol–water partition coefficient (Wildman–Crippen LogP) is 3.39. The molecule has 0 amide bonds. The van der Waals surface area contributed by atoms with Crippen LogP contribution >= 0.6 is 15.9 Å². The number of nitrogens with two attached hydrogens (primary N) is 1. The van der Waals surface area contributed by atoms with Gasteiger partial charge in [-0.05, 0) is 35.4 Å². The molecule has 0 aliphatic carbocycles. The van der Waals surface area contributed by atoms with Crippen molar-refractivity contribution in [1.82, 2.24) is 14.3 Å². The lowest BCUT2D eigenvalue weighted by Gasteiger charge is -2.27. The van der Waals surface area contributed by atoms with Crippen LogP contribution in [0.25, 0.3) is 0 Å². The van der Waals surface area contributed by atoms with Crippen molar-refractivity contribution in [3.63, 3.8) is 0 Å². The van der Waals surface area contributed by atoms with Gasteiger partial charge >= 0.3 is 0 Å². The molecule has 0 saturated carbocycles. The van der Waals surface area contributed by atoms with Gasteiger partial charge in [-0.15, -0.1) is 0 Å². The molecule has 0 radical (unpaired) electrons. The van der Waals surface area contributed by atoms with E-state index in [4.69, 9.17) is 5.73 Å². The maximum Gasteiger partial charge on any atom is 0.271 e. The van der Waals surface area contributed by atoms with E-state index in [1.165, 1.54) is 24.3 Å². The van der Waals surface area contributed by atoms with Crippen LogP contribution in [0.2, 0.25) is 0 Å². The standard InChI is InChI=1S/C22H22BrF3N4O/c23-20-10-16(24)2-1-15(20)12-30-22(31)19-13-28(5-3-21(19)29(30)6-4-27)11-14-7-17(25)9-18(26)8-14/h1-2,7-10H,3-6,11-13,27H2. The molecule has 0 spiro atoms. The zero-order valence-electron chi connectivity index (χ0n) is 16.8. The first-order valence-corrected chi connectivity index (χ1v) is 10.8. The highest BCUT2D eigenvalue weighted by molar-refractivity contribution is 9.10. The van der Waals surface area contributed by atoms with E-state index in [1.807, 2.05) is 9.58 Å². The third-order valence-electron chi connectivity index (χ3n) is 5.50. The van der Waals surface area contributed by atoms with Crippen LogP contribution in [0.3, 0.4) is 0 Å². The van der Waals surface area contributed by atoms with Crippen molar-refractivity contribution in [1.29, 1.82) is 0 Å². The second kappa shape index (κ2) is 9.02. The van der Waals surface area contributed by atoms with Crippen LogP contribution < -0.4 is 11.3 Å². The maximum absolute atomic E-state index is 13.5. The Balaban J connectivity index is 1.64. The summed E-state index contributed by atoms with van der Waals surface area (Å²) in [6.07, 6.45) is 0.625. The fourth-order valence-corrected chi connectivity index (χ4v) is 4.61. The number of hydrogen-bond donors (Lipinski definition) is 1. The number of hydrogen-bond acceptors (Lipinski definition) is 3. The molecule has 0 bridgehead atoms. The number of fused-ring (bicyclic) bond motifs is 1. The molecule has 2 heterocycles. The lowest BCUT2D eigenvalue weighted by molar-refractivity contribution is 0.240. The minimum absolute atomic E-state index is 0.130. The Bertz CT molecular complexity index is 1150. The molecule has 0 unspecified atom stereocenters. The van der Waals surface area contributed by atoms with Crippen molar-refractivity contribution in [2.75, 3.05) is 13.1 Å². The predicted molar refractivity (Wildman–Crippen MR) is 115 cm³/mol. The Morgan fingerprint density at radius 3 is 2.39 bits per heavy atom. The van der Waals surface area contributed by atoms with Crippen molar-refractivity contribution in [3.8, 4) is 0 Å². The smallest absolute Gasteiger partial charge is 0.271 e. The van der Waals surface area contributed by atoms with E-state index >= 15 is 0 Å². The molecule has 9 heteroatoms. The topological polar surface area (TPSA) is 56.2 Å². The van der Waals surface area contributed by atoms with E-state index in [2.05, 4.69) is 15.9 Å². The van der Waals surface area contributed by atoms with Crippen LogP contribution in [0, 0.1) is 17.5 Å². The first kappa shape index (κ1) is 21.9. The summed E-state index contributed by atoms with van der Waals surface area (Å²) in [5.41, 5.74) is 8.56. The van der Waals surface area contributed by atoms with Gasteiger partial charge in [-0.3, -0.25) is 14.4 Å². The minimum Gasteiger partial charge on any atom is -0.329 e. The van der Waals surface area contributed by atoms with Crippen molar-refractivity contribution in [2.45, 2.75) is 32.6 Å². The minimum atomic E-state index is -0.617. The lowest BCUT2D eigenvalue weighted by Crippen LogP contribution is -2.32. The molecular weight excluding hydrogens is 473 g/mol. The van der Waals surface area contributed by atoms with Gasteiger partial charge in [0.2, 0.25) is 0 Å². The summed E-state index contributed by atoms with van der Waals surface area (Å²) in [6, 6.07) is 7.84. The third kappa shape index (κ3) is 4.63. The highest BCUT2D eigenvalue weighted by Crippen LogP contribution is 2.23. The molecular formula is C22H22BrF3N4O. The molecule has 4 rings (SSSR count). The number of halogens is 4. The molecule has 0 saturated heterocycles. The molecule has 1 aliphatic rings. The van der Waals surface area contributed by atoms with Gasteiger partial charge in [-0.25, -0.2) is 17.9 Å². The molecule has 1 aromatic heterocycles. The summed E-state index contributed by atoms with van der Waals surface area (Å²) in [5.74, 6) is -1.59. The van der Waals surface area contributed by atoms with E-state index < -0.39 is 11.6 Å². The van der Waals surface area contributed by atoms with E-state index in [9.17, 15) is 18.0 Å².